The second-order valence-electron chi connectivity index (χ2n) is 6.49. The lowest BCUT2D eigenvalue weighted by molar-refractivity contribution is -0.120. The summed E-state index contributed by atoms with van der Waals surface area (Å²) in [5, 5.41) is 3.03. The molecule has 0 heterocycles. The van der Waals surface area contributed by atoms with E-state index in [9.17, 15) is 13.2 Å². The van der Waals surface area contributed by atoms with E-state index >= 15 is 0 Å². The smallest absolute Gasteiger partial charge is 0.241 e. The Morgan fingerprint density at radius 2 is 1.70 bits per heavy atom. The molecule has 0 fully saturated rings. The minimum absolute atomic E-state index is 0.235. The molecule has 2 aromatic rings. The number of amides is 1. The quantitative estimate of drug-likeness (QED) is 0.623. The van der Waals surface area contributed by atoms with E-state index in [1.54, 1.807) is 32.2 Å². The first-order chi connectivity index (χ1) is 14.1. The molecule has 8 nitrogen and oxygen atoms in total. The predicted molar refractivity (Wildman–Crippen MR) is 116 cm³/mol. The number of anilines is 1. The number of carbonyl (C=O) groups excluding carboxylic acids is 1. The Morgan fingerprint density at radius 3 is 2.23 bits per heavy atom. The van der Waals surface area contributed by atoms with Gasteiger partial charge in [0.25, 0.3) is 0 Å². The maximum atomic E-state index is 12.7. The Morgan fingerprint density at radius 1 is 1.07 bits per heavy atom. The topological polar surface area (TPSA) is 94.2 Å². The summed E-state index contributed by atoms with van der Waals surface area (Å²) in [4.78, 5) is 12.7. The molecule has 1 atom stereocenters. The molecule has 0 aliphatic rings. The van der Waals surface area contributed by atoms with Crippen molar-refractivity contribution >= 4 is 33.2 Å². The number of hydrogen-bond acceptors (Lipinski definition) is 6. The molecule has 1 N–H and O–H groups in total. The predicted octanol–water partition coefficient (Wildman–Crippen LogP) is 3.01. The first-order valence-corrected chi connectivity index (χ1v) is 11.2. The van der Waals surface area contributed by atoms with Crippen LogP contribution in [0.1, 0.15) is 18.5 Å². The molecule has 2 aromatic carbocycles. The molecule has 10 heteroatoms. The summed E-state index contributed by atoms with van der Waals surface area (Å²) in [6.07, 6.45) is 1.02. The Bertz CT molecular complexity index is 1010. The third kappa shape index (κ3) is 5.70. The van der Waals surface area contributed by atoms with Crippen molar-refractivity contribution in [3.05, 3.63) is 47.0 Å². The summed E-state index contributed by atoms with van der Waals surface area (Å²) in [6.45, 7) is 1.35. The van der Waals surface area contributed by atoms with E-state index in [1.165, 1.54) is 32.4 Å². The van der Waals surface area contributed by atoms with Gasteiger partial charge in [-0.1, -0.05) is 11.6 Å². The largest absolute Gasteiger partial charge is 0.497 e. The van der Waals surface area contributed by atoms with Gasteiger partial charge in [0, 0.05) is 5.56 Å². The van der Waals surface area contributed by atoms with Gasteiger partial charge in [-0.15, -0.1) is 0 Å². The number of methoxy groups -OCH3 is 3. The minimum Gasteiger partial charge on any atom is -0.497 e. The molecule has 0 spiro atoms. The Labute approximate surface area is 181 Å². The van der Waals surface area contributed by atoms with Gasteiger partial charge in [0.1, 0.15) is 23.8 Å². The van der Waals surface area contributed by atoms with Crippen molar-refractivity contribution < 1.29 is 27.4 Å². The number of nitrogens with one attached hydrogen (secondary N) is 1. The van der Waals surface area contributed by atoms with Crippen LogP contribution in [0, 0.1) is 0 Å². The van der Waals surface area contributed by atoms with Gasteiger partial charge in [-0.25, -0.2) is 8.42 Å². The van der Waals surface area contributed by atoms with Crippen LogP contribution < -0.4 is 23.8 Å². The fourth-order valence-corrected chi connectivity index (χ4v) is 3.98. The summed E-state index contributed by atoms with van der Waals surface area (Å²) in [5.74, 6) is 1.09. The Balaban J connectivity index is 2.24. The standard InChI is InChI=1S/C20H25ClN2O6S/c1-13(16-11-15(27-2)7-9-18(16)28-3)22-20(24)12-23(30(5,25)26)14-6-8-19(29-4)17(21)10-14/h6-11,13H,12H2,1-5H3,(H,22,24). The van der Waals surface area contributed by atoms with Crippen LogP contribution in [0.5, 0.6) is 17.2 Å². The molecule has 0 aliphatic carbocycles. The number of carbonyl (C=O) groups is 1. The van der Waals surface area contributed by atoms with Gasteiger partial charge in [0.15, 0.2) is 0 Å². The van der Waals surface area contributed by atoms with Crippen molar-refractivity contribution in [2.24, 2.45) is 0 Å². The maximum absolute atomic E-state index is 12.7. The highest BCUT2D eigenvalue weighted by Gasteiger charge is 2.23. The van der Waals surface area contributed by atoms with Crippen molar-refractivity contribution in [1.82, 2.24) is 5.32 Å². The maximum Gasteiger partial charge on any atom is 0.241 e. The van der Waals surface area contributed by atoms with Crippen molar-refractivity contribution in [3.63, 3.8) is 0 Å². The van der Waals surface area contributed by atoms with E-state index in [0.717, 1.165) is 10.6 Å². The van der Waals surface area contributed by atoms with Crippen LogP contribution in [0.2, 0.25) is 5.02 Å². The van der Waals surface area contributed by atoms with Crippen molar-refractivity contribution in [1.29, 1.82) is 0 Å². The summed E-state index contributed by atoms with van der Waals surface area (Å²) in [6, 6.07) is 9.27. The van der Waals surface area contributed by atoms with Crippen LogP contribution >= 0.6 is 11.6 Å². The van der Waals surface area contributed by atoms with E-state index < -0.39 is 28.5 Å². The van der Waals surface area contributed by atoms with Gasteiger partial charge < -0.3 is 19.5 Å². The van der Waals surface area contributed by atoms with Crippen molar-refractivity contribution in [2.75, 3.05) is 38.4 Å². The average Bonchev–Trinajstić information content (AvgIpc) is 2.70. The van der Waals surface area contributed by atoms with E-state index in [4.69, 9.17) is 25.8 Å². The van der Waals surface area contributed by atoms with Crippen LogP contribution in [-0.4, -0.2) is 48.5 Å². The first-order valence-electron chi connectivity index (χ1n) is 8.93. The lowest BCUT2D eigenvalue weighted by atomic mass is 10.1. The SMILES string of the molecule is COc1ccc(OC)c(C(C)NC(=O)CN(c2ccc(OC)c(Cl)c2)S(C)(=O)=O)c1. The monoisotopic (exact) mass is 456 g/mol. The van der Waals surface area contributed by atoms with E-state index in [-0.39, 0.29) is 10.7 Å². The van der Waals surface area contributed by atoms with E-state index in [2.05, 4.69) is 5.32 Å². The van der Waals surface area contributed by atoms with Crippen LogP contribution in [0.15, 0.2) is 36.4 Å². The Hall–Kier alpha value is -2.65. The fraction of sp³-hybridized carbons (Fsp3) is 0.350. The third-order valence-electron chi connectivity index (χ3n) is 4.39. The van der Waals surface area contributed by atoms with E-state index in [1.807, 2.05) is 0 Å². The highest BCUT2D eigenvalue weighted by Crippen LogP contribution is 2.31. The number of rotatable bonds is 9. The molecule has 0 radical (unpaired) electrons. The number of benzene rings is 2. The van der Waals surface area contributed by atoms with E-state index in [0.29, 0.717) is 22.8 Å². The van der Waals surface area contributed by atoms with Gasteiger partial charge in [-0.05, 0) is 43.3 Å². The zero-order valence-electron chi connectivity index (χ0n) is 17.4. The summed E-state index contributed by atoms with van der Waals surface area (Å²) in [7, 11) is 0.777. The lowest BCUT2D eigenvalue weighted by Gasteiger charge is -2.24. The van der Waals surface area contributed by atoms with Crippen LogP contribution in [0.3, 0.4) is 0 Å². The zero-order chi connectivity index (χ0) is 22.5. The van der Waals surface area contributed by atoms with Crippen molar-refractivity contribution in [3.8, 4) is 17.2 Å². The van der Waals surface area contributed by atoms with Crippen LogP contribution in [0.4, 0.5) is 5.69 Å². The lowest BCUT2D eigenvalue weighted by Crippen LogP contribution is -2.41. The first kappa shape index (κ1) is 23.6. The zero-order valence-corrected chi connectivity index (χ0v) is 19.0. The average molecular weight is 457 g/mol. The molecule has 0 saturated carbocycles. The molecule has 0 bridgehead atoms. The molecule has 30 heavy (non-hydrogen) atoms. The number of sulfonamides is 1. The van der Waals surface area contributed by atoms with Gasteiger partial charge in [0.2, 0.25) is 15.9 Å². The molecule has 0 aromatic heterocycles. The van der Waals surface area contributed by atoms with Crippen LogP contribution in [-0.2, 0) is 14.8 Å². The molecule has 164 valence electrons. The second kappa shape index (κ2) is 9.90. The normalized spacial score (nSPS) is 12.1. The highest BCUT2D eigenvalue weighted by atomic mass is 35.5. The summed E-state index contributed by atoms with van der Waals surface area (Å²) < 4.78 is 41.3. The number of hydrogen-bond donors (Lipinski definition) is 1. The molecule has 1 unspecified atom stereocenters. The molecular formula is C20H25ClN2O6S. The third-order valence-corrected chi connectivity index (χ3v) is 5.83. The summed E-state index contributed by atoms with van der Waals surface area (Å²) in [5.41, 5.74) is 0.952. The second-order valence-corrected chi connectivity index (χ2v) is 8.80. The molecule has 2 rings (SSSR count). The van der Waals surface area contributed by atoms with Crippen molar-refractivity contribution in [2.45, 2.75) is 13.0 Å². The van der Waals surface area contributed by atoms with Gasteiger partial charge in [-0.3, -0.25) is 9.10 Å². The van der Waals surface area contributed by atoms with Crippen LogP contribution in [0.25, 0.3) is 0 Å². The number of nitrogens with zero attached hydrogens (tertiary/aromatic N) is 1. The minimum atomic E-state index is -3.74. The van der Waals surface area contributed by atoms with Gasteiger partial charge in [0.05, 0.1) is 44.3 Å². The van der Waals surface area contributed by atoms with Gasteiger partial charge >= 0.3 is 0 Å². The molecule has 0 aliphatic heterocycles. The number of ether oxygens (including phenoxy) is 3. The van der Waals surface area contributed by atoms with Gasteiger partial charge in [-0.2, -0.15) is 0 Å². The highest BCUT2D eigenvalue weighted by molar-refractivity contribution is 7.92. The molecular weight excluding hydrogens is 432 g/mol. The molecule has 1 amide bonds. The number of halogens is 1. The Kier molecular flexibility index (Phi) is 7.80. The fourth-order valence-electron chi connectivity index (χ4n) is 2.88. The molecule has 0 saturated heterocycles. The summed E-state index contributed by atoms with van der Waals surface area (Å²) >= 11 is 6.11.